The highest BCUT2D eigenvalue weighted by Crippen LogP contribution is 2.09. The van der Waals surface area contributed by atoms with E-state index in [2.05, 4.69) is 36.0 Å². The Labute approximate surface area is 131 Å². The number of esters is 1. The Kier molecular flexibility index (Phi) is 16.2. The number of carbonyl (C=O) groups excluding carboxylic acids is 1. The maximum atomic E-state index is 10.9. The molecule has 2 heteroatoms. The van der Waals surface area contributed by atoms with E-state index >= 15 is 0 Å². The fourth-order valence-corrected chi connectivity index (χ4v) is 2.20. The molecule has 0 spiro atoms. The van der Waals surface area contributed by atoms with Crippen LogP contribution in [0.3, 0.4) is 0 Å². The summed E-state index contributed by atoms with van der Waals surface area (Å²) < 4.78 is 4.62. The van der Waals surface area contributed by atoms with Crippen molar-refractivity contribution >= 4 is 5.97 Å². The topological polar surface area (TPSA) is 26.3 Å². The van der Waals surface area contributed by atoms with Gasteiger partial charge >= 0.3 is 5.97 Å². The summed E-state index contributed by atoms with van der Waals surface area (Å²) >= 11 is 0. The molecule has 21 heavy (non-hydrogen) atoms. The fourth-order valence-electron chi connectivity index (χ4n) is 2.20. The fraction of sp³-hybridized carbons (Fsp3) is 0.737. The molecular weight excluding hydrogens is 260 g/mol. The molecule has 0 saturated heterocycles. The highest BCUT2D eigenvalue weighted by atomic mass is 16.5. The molecule has 122 valence electrons. The smallest absolute Gasteiger partial charge is 0.305 e. The van der Waals surface area contributed by atoms with Gasteiger partial charge in [0.25, 0.3) is 0 Å². The SMILES string of the molecule is CCCCC/C=C/C=C\CCCCCCCCC(=O)OC. The second-order valence-electron chi connectivity index (χ2n) is 5.59. The molecule has 0 saturated carbocycles. The second-order valence-corrected chi connectivity index (χ2v) is 5.59. The van der Waals surface area contributed by atoms with Crippen molar-refractivity contribution in [1.29, 1.82) is 0 Å². The van der Waals surface area contributed by atoms with Crippen LogP contribution in [0.4, 0.5) is 0 Å². The van der Waals surface area contributed by atoms with Crippen molar-refractivity contribution in [2.24, 2.45) is 0 Å². The number of hydrogen-bond acceptors (Lipinski definition) is 2. The summed E-state index contributed by atoms with van der Waals surface area (Å²) in [6, 6.07) is 0. The average Bonchev–Trinajstić information content (AvgIpc) is 2.50. The lowest BCUT2D eigenvalue weighted by Crippen LogP contribution is -1.99. The van der Waals surface area contributed by atoms with Crippen LogP contribution in [0.1, 0.15) is 84.0 Å². The summed E-state index contributed by atoms with van der Waals surface area (Å²) in [6.07, 6.45) is 23.0. The molecular formula is C19H34O2. The molecule has 0 rings (SSSR count). The van der Waals surface area contributed by atoms with Crippen molar-refractivity contribution in [3.8, 4) is 0 Å². The van der Waals surface area contributed by atoms with E-state index in [-0.39, 0.29) is 5.97 Å². The van der Waals surface area contributed by atoms with Gasteiger partial charge in [0, 0.05) is 6.42 Å². The molecule has 0 atom stereocenters. The predicted molar refractivity (Wildman–Crippen MR) is 91.4 cm³/mol. The molecule has 0 aromatic carbocycles. The summed E-state index contributed by atoms with van der Waals surface area (Å²) in [5, 5.41) is 0. The number of carbonyl (C=O) groups is 1. The third-order valence-corrected chi connectivity index (χ3v) is 3.59. The zero-order valence-corrected chi connectivity index (χ0v) is 14.1. The van der Waals surface area contributed by atoms with Gasteiger partial charge in [0.15, 0.2) is 0 Å². The monoisotopic (exact) mass is 294 g/mol. The number of hydrogen-bond donors (Lipinski definition) is 0. The Morgan fingerprint density at radius 3 is 1.90 bits per heavy atom. The lowest BCUT2D eigenvalue weighted by Gasteiger charge is -2.00. The van der Waals surface area contributed by atoms with Gasteiger partial charge in [-0.05, 0) is 32.1 Å². The lowest BCUT2D eigenvalue weighted by atomic mass is 10.1. The largest absolute Gasteiger partial charge is 0.469 e. The van der Waals surface area contributed by atoms with Gasteiger partial charge in [-0.2, -0.15) is 0 Å². The third kappa shape index (κ3) is 16.9. The minimum absolute atomic E-state index is 0.0807. The summed E-state index contributed by atoms with van der Waals surface area (Å²) in [5.41, 5.74) is 0. The van der Waals surface area contributed by atoms with Crippen LogP contribution in [-0.2, 0) is 9.53 Å². The van der Waals surface area contributed by atoms with Crippen LogP contribution in [0.2, 0.25) is 0 Å². The number of allylic oxidation sites excluding steroid dienone is 4. The van der Waals surface area contributed by atoms with Gasteiger partial charge in [-0.25, -0.2) is 0 Å². The Morgan fingerprint density at radius 1 is 0.810 bits per heavy atom. The molecule has 0 fully saturated rings. The first-order chi connectivity index (χ1) is 10.3. The van der Waals surface area contributed by atoms with E-state index in [1.54, 1.807) is 0 Å². The van der Waals surface area contributed by atoms with Crippen LogP contribution in [0, 0.1) is 0 Å². The van der Waals surface area contributed by atoms with Gasteiger partial charge in [0.2, 0.25) is 0 Å². The minimum atomic E-state index is -0.0807. The quantitative estimate of drug-likeness (QED) is 0.224. The Balaban J connectivity index is 3.19. The Morgan fingerprint density at radius 2 is 1.33 bits per heavy atom. The summed E-state index contributed by atoms with van der Waals surface area (Å²) in [5.74, 6) is -0.0807. The van der Waals surface area contributed by atoms with Gasteiger partial charge in [-0.1, -0.05) is 69.8 Å². The van der Waals surface area contributed by atoms with Gasteiger partial charge < -0.3 is 4.74 Å². The minimum Gasteiger partial charge on any atom is -0.469 e. The van der Waals surface area contributed by atoms with Crippen LogP contribution in [0.15, 0.2) is 24.3 Å². The van der Waals surface area contributed by atoms with E-state index in [1.165, 1.54) is 64.9 Å². The average molecular weight is 294 g/mol. The molecule has 0 heterocycles. The third-order valence-electron chi connectivity index (χ3n) is 3.59. The normalized spacial score (nSPS) is 11.5. The molecule has 0 aliphatic rings. The molecule has 0 aliphatic heterocycles. The molecule has 0 amide bonds. The van der Waals surface area contributed by atoms with Gasteiger partial charge in [-0.15, -0.1) is 0 Å². The van der Waals surface area contributed by atoms with Crippen molar-refractivity contribution in [1.82, 2.24) is 0 Å². The zero-order valence-electron chi connectivity index (χ0n) is 14.1. The van der Waals surface area contributed by atoms with Gasteiger partial charge in [0.05, 0.1) is 7.11 Å². The van der Waals surface area contributed by atoms with E-state index in [0.717, 1.165) is 12.8 Å². The van der Waals surface area contributed by atoms with Crippen LogP contribution in [-0.4, -0.2) is 13.1 Å². The van der Waals surface area contributed by atoms with Crippen LogP contribution < -0.4 is 0 Å². The van der Waals surface area contributed by atoms with E-state index in [1.807, 2.05) is 0 Å². The molecule has 0 radical (unpaired) electrons. The summed E-state index contributed by atoms with van der Waals surface area (Å²) in [6.45, 7) is 2.24. The number of unbranched alkanes of at least 4 members (excludes halogenated alkanes) is 9. The highest BCUT2D eigenvalue weighted by molar-refractivity contribution is 5.68. The Bertz CT molecular complexity index is 279. The first-order valence-corrected chi connectivity index (χ1v) is 8.69. The summed E-state index contributed by atoms with van der Waals surface area (Å²) in [4.78, 5) is 10.9. The van der Waals surface area contributed by atoms with Crippen LogP contribution in [0.25, 0.3) is 0 Å². The van der Waals surface area contributed by atoms with E-state index in [9.17, 15) is 4.79 Å². The predicted octanol–water partition coefficient (Wildman–Crippen LogP) is 5.97. The van der Waals surface area contributed by atoms with Gasteiger partial charge in [-0.3, -0.25) is 4.79 Å². The first kappa shape index (κ1) is 19.9. The molecule has 0 aromatic heterocycles. The Hall–Kier alpha value is -1.05. The standard InChI is InChI=1S/C19H34O2/c1-3-4-5-6-7-8-9-10-11-12-13-14-15-16-17-18-19(20)21-2/h7-10H,3-6,11-18H2,1-2H3/b8-7+,10-9-. The molecule has 2 nitrogen and oxygen atoms in total. The van der Waals surface area contributed by atoms with Crippen LogP contribution >= 0.6 is 0 Å². The first-order valence-electron chi connectivity index (χ1n) is 8.69. The van der Waals surface area contributed by atoms with Crippen molar-refractivity contribution in [3.63, 3.8) is 0 Å². The van der Waals surface area contributed by atoms with Crippen LogP contribution in [0.5, 0.6) is 0 Å². The second kappa shape index (κ2) is 17.0. The van der Waals surface area contributed by atoms with Crippen molar-refractivity contribution in [2.45, 2.75) is 84.0 Å². The highest BCUT2D eigenvalue weighted by Gasteiger charge is 1.98. The number of ether oxygens (including phenoxy) is 1. The molecule has 0 unspecified atom stereocenters. The molecule has 0 N–H and O–H groups in total. The van der Waals surface area contributed by atoms with E-state index in [4.69, 9.17) is 0 Å². The zero-order chi connectivity index (χ0) is 15.6. The van der Waals surface area contributed by atoms with E-state index in [0.29, 0.717) is 6.42 Å². The number of rotatable bonds is 14. The summed E-state index contributed by atoms with van der Waals surface area (Å²) in [7, 11) is 1.45. The lowest BCUT2D eigenvalue weighted by molar-refractivity contribution is -0.140. The maximum absolute atomic E-state index is 10.9. The van der Waals surface area contributed by atoms with Crippen molar-refractivity contribution < 1.29 is 9.53 Å². The van der Waals surface area contributed by atoms with Gasteiger partial charge in [0.1, 0.15) is 0 Å². The molecule has 0 bridgehead atoms. The van der Waals surface area contributed by atoms with Crippen molar-refractivity contribution in [3.05, 3.63) is 24.3 Å². The maximum Gasteiger partial charge on any atom is 0.305 e. The number of methoxy groups -OCH3 is 1. The van der Waals surface area contributed by atoms with E-state index < -0.39 is 0 Å². The molecule has 0 aliphatic carbocycles. The van der Waals surface area contributed by atoms with Crippen molar-refractivity contribution in [2.75, 3.05) is 7.11 Å². The molecule has 0 aromatic rings.